The van der Waals surface area contributed by atoms with E-state index >= 15 is 0 Å². The third kappa shape index (κ3) is 1.43. The van der Waals surface area contributed by atoms with Gasteiger partial charge in [-0.15, -0.1) is 0 Å². The summed E-state index contributed by atoms with van der Waals surface area (Å²) in [5, 5.41) is 7.10. The number of amides is 1. The third-order valence-electron chi connectivity index (χ3n) is 3.03. The molecule has 1 N–H and O–H groups in total. The molecule has 80 valence electrons. The molecule has 1 fully saturated rings. The van der Waals surface area contributed by atoms with Crippen LogP contribution < -0.4 is 5.32 Å². The highest BCUT2D eigenvalue weighted by Crippen LogP contribution is 2.23. The number of rotatable bonds is 1. The summed E-state index contributed by atoms with van der Waals surface area (Å²) >= 11 is 0. The molecular formula is C10H13N3O2. The normalized spacial score (nSPS) is 21.5. The molecule has 3 heterocycles. The molecule has 5 heteroatoms. The second-order valence-electron chi connectivity index (χ2n) is 4.01. The van der Waals surface area contributed by atoms with E-state index in [9.17, 15) is 4.79 Å². The fourth-order valence-corrected chi connectivity index (χ4v) is 2.15. The highest BCUT2D eigenvalue weighted by molar-refractivity contribution is 5.96. The van der Waals surface area contributed by atoms with Gasteiger partial charge < -0.3 is 10.1 Å². The van der Waals surface area contributed by atoms with Crippen molar-refractivity contribution in [2.24, 2.45) is 0 Å². The first-order valence-corrected chi connectivity index (χ1v) is 5.28. The Morgan fingerprint density at radius 2 is 2.27 bits per heavy atom. The SMILES string of the molecule is O=C1NCc2cn(C3CCOCC3)nc21. The first-order chi connectivity index (χ1) is 7.34. The second-order valence-corrected chi connectivity index (χ2v) is 4.01. The number of hydrogen-bond acceptors (Lipinski definition) is 3. The maximum Gasteiger partial charge on any atom is 0.272 e. The monoisotopic (exact) mass is 207 g/mol. The molecule has 0 saturated carbocycles. The molecule has 0 atom stereocenters. The van der Waals surface area contributed by atoms with Gasteiger partial charge in [0.15, 0.2) is 5.69 Å². The van der Waals surface area contributed by atoms with E-state index in [1.54, 1.807) is 0 Å². The van der Waals surface area contributed by atoms with Crippen LogP contribution >= 0.6 is 0 Å². The van der Waals surface area contributed by atoms with Crippen LogP contribution in [0.25, 0.3) is 0 Å². The van der Waals surface area contributed by atoms with E-state index in [0.717, 1.165) is 31.6 Å². The Balaban J connectivity index is 1.87. The number of ether oxygens (including phenoxy) is 1. The van der Waals surface area contributed by atoms with Gasteiger partial charge in [0.2, 0.25) is 0 Å². The van der Waals surface area contributed by atoms with Crippen LogP contribution in [0, 0.1) is 0 Å². The Bertz CT molecular complexity index is 393. The summed E-state index contributed by atoms with van der Waals surface area (Å²) in [5.41, 5.74) is 1.62. The quantitative estimate of drug-likeness (QED) is 0.728. The van der Waals surface area contributed by atoms with Crippen LogP contribution in [0.15, 0.2) is 6.20 Å². The van der Waals surface area contributed by atoms with Crippen molar-refractivity contribution in [3.8, 4) is 0 Å². The molecule has 15 heavy (non-hydrogen) atoms. The fourth-order valence-electron chi connectivity index (χ4n) is 2.15. The zero-order valence-electron chi connectivity index (χ0n) is 8.40. The molecule has 0 radical (unpaired) electrons. The molecule has 1 amide bonds. The number of nitrogens with one attached hydrogen (secondary N) is 1. The molecule has 3 rings (SSSR count). The second kappa shape index (κ2) is 3.34. The number of nitrogens with zero attached hydrogens (tertiary/aromatic N) is 2. The highest BCUT2D eigenvalue weighted by Gasteiger charge is 2.25. The Hall–Kier alpha value is -1.36. The van der Waals surface area contributed by atoms with E-state index in [1.807, 2.05) is 10.9 Å². The number of fused-ring (bicyclic) bond motifs is 1. The minimum absolute atomic E-state index is 0.0455. The van der Waals surface area contributed by atoms with Crippen molar-refractivity contribution in [1.82, 2.24) is 15.1 Å². The summed E-state index contributed by atoms with van der Waals surface area (Å²) < 4.78 is 7.24. The summed E-state index contributed by atoms with van der Waals surface area (Å²) in [4.78, 5) is 11.3. The van der Waals surface area contributed by atoms with Crippen molar-refractivity contribution >= 4 is 5.91 Å². The van der Waals surface area contributed by atoms with E-state index in [4.69, 9.17) is 4.74 Å². The Kier molecular flexibility index (Phi) is 1.98. The summed E-state index contributed by atoms with van der Waals surface area (Å²) in [6.45, 7) is 2.21. The summed E-state index contributed by atoms with van der Waals surface area (Å²) in [6.07, 6.45) is 3.97. The highest BCUT2D eigenvalue weighted by atomic mass is 16.5. The molecule has 0 spiro atoms. The smallest absolute Gasteiger partial charge is 0.272 e. The van der Waals surface area contributed by atoms with Gasteiger partial charge in [0, 0.05) is 31.5 Å². The largest absolute Gasteiger partial charge is 0.381 e. The maximum atomic E-state index is 11.3. The van der Waals surface area contributed by atoms with Crippen LogP contribution in [0.5, 0.6) is 0 Å². The van der Waals surface area contributed by atoms with E-state index < -0.39 is 0 Å². The van der Waals surface area contributed by atoms with Crippen molar-refractivity contribution in [2.75, 3.05) is 13.2 Å². The van der Waals surface area contributed by atoms with Gasteiger partial charge in [0.25, 0.3) is 5.91 Å². The molecule has 0 bridgehead atoms. The van der Waals surface area contributed by atoms with Crippen molar-refractivity contribution in [2.45, 2.75) is 25.4 Å². The minimum atomic E-state index is -0.0455. The predicted molar refractivity (Wildman–Crippen MR) is 52.5 cm³/mol. The lowest BCUT2D eigenvalue weighted by Crippen LogP contribution is -2.22. The van der Waals surface area contributed by atoms with Crippen LogP contribution in [0.2, 0.25) is 0 Å². The van der Waals surface area contributed by atoms with Gasteiger partial charge in [-0.05, 0) is 12.8 Å². The van der Waals surface area contributed by atoms with Gasteiger partial charge >= 0.3 is 0 Å². The fraction of sp³-hybridized carbons (Fsp3) is 0.600. The average molecular weight is 207 g/mol. The molecule has 0 unspecified atom stereocenters. The number of carbonyl (C=O) groups is 1. The zero-order chi connectivity index (χ0) is 10.3. The van der Waals surface area contributed by atoms with Crippen LogP contribution in [0.3, 0.4) is 0 Å². The van der Waals surface area contributed by atoms with Gasteiger partial charge in [0.1, 0.15) is 0 Å². The number of aromatic nitrogens is 2. The van der Waals surface area contributed by atoms with Gasteiger partial charge in [-0.25, -0.2) is 0 Å². The molecule has 0 aromatic carbocycles. The van der Waals surface area contributed by atoms with Gasteiger partial charge in [-0.3, -0.25) is 9.48 Å². The Labute approximate surface area is 87.4 Å². The van der Waals surface area contributed by atoms with E-state index in [-0.39, 0.29) is 5.91 Å². The molecule has 1 aromatic heterocycles. The lowest BCUT2D eigenvalue weighted by molar-refractivity contribution is 0.0659. The zero-order valence-corrected chi connectivity index (χ0v) is 8.40. The average Bonchev–Trinajstić information content (AvgIpc) is 2.83. The summed E-state index contributed by atoms with van der Waals surface area (Å²) in [7, 11) is 0. The summed E-state index contributed by atoms with van der Waals surface area (Å²) in [5.74, 6) is -0.0455. The molecule has 1 aromatic rings. The van der Waals surface area contributed by atoms with Crippen LogP contribution in [0.4, 0.5) is 0 Å². The molecule has 1 saturated heterocycles. The molecule has 5 nitrogen and oxygen atoms in total. The van der Waals surface area contributed by atoms with E-state index in [0.29, 0.717) is 18.3 Å². The van der Waals surface area contributed by atoms with Crippen LogP contribution in [-0.4, -0.2) is 28.9 Å². The molecule has 0 aliphatic carbocycles. The van der Waals surface area contributed by atoms with E-state index in [2.05, 4.69) is 10.4 Å². The molecule has 2 aliphatic heterocycles. The van der Waals surface area contributed by atoms with Crippen molar-refractivity contribution in [3.63, 3.8) is 0 Å². The van der Waals surface area contributed by atoms with Crippen molar-refractivity contribution in [1.29, 1.82) is 0 Å². The maximum absolute atomic E-state index is 11.3. The van der Waals surface area contributed by atoms with Gasteiger partial charge in [-0.1, -0.05) is 0 Å². The first kappa shape index (κ1) is 8.91. The lowest BCUT2D eigenvalue weighted by Gasteiger charge is -2.22. The summed E-state index contributed by atoms with van der Waals surface area (Å²) in [6, 6.07) is 0.400. The predicted octanol–water partition coefficient (Wildman–Crippen LogP) is 0.478. The molecule has 2 aliphatic rings. The topological polar surface area (TPSA) is 56.2 Å². The van der Waals surface area contributed by atoms with Crippen molar-refractivity contribution < 1.29 is 9.53 Å². The van der Waals surface area contributed by atoms with E-state index in [1.165, 1.54) is 0 Å². The minimum Gasteiger partial charge on any atom is -0.381 e. The number of carbonyl (C=O) groups excluding carboxylic acids is 1. The van der Waals surface area contributed by atoms with Crippen molar-refractivity contribution in [3.05, 3.63) is 17.5 Å². The van der Waals surface area contributed by atoms with Crippen LogP contribution in [-0.2, 0) is 11.3 Å². The van der Waals surface area contributed by atoms with Crippen LogP contribution in [0.1, 0.15) is 34.9 Å². The van der Waals surface area contributed by atoms with Gasteiger partial charge in [-0.2, -0.15) is 5.10 Å². The van der Waals surface area contributed by atoms with Gasteiger partial charge in [0.05, 0.1) is 6.04 Å². The number of hydrogen-bond donors (Lipinski definition) is 1. The first-order valence-electron chi connectivity index (χ1n) is 5.28. The Morgan fingerprint density at radius 3 is 3.00 bits per heavy atom. The lowest BCUT2D eigenvalue weighted by atomic mass is 10.1. The molecular weight excluding hydrogens is 194 g/mol. The Morgan fingerprint density at radius 1 is 1.47 bits per heavy atom. The standard InChI is InChI=1S/C10H13N3O2/c14-10-9-7(5-11-10)6-13(12-9)8-1-3-15-4-2-8/h6,8H,1-5H2,(H,11,14). The third-order valence-corrected chi connectivity index (χ3v) is 3.03.